The maximum absolute atomic E-state index is 12.1. The molecule has 0 unspecified atom stereocenters. The number of aromatic nitrogens is 3. The molecule has 0 radical (unpaired) electrons. The molecule has 184 valence electrons. The van der Waals surface area contributed by atoms with E-state index in [-0.39, 0.29) is 70.2 Å². The molecule has 0 fully saturated rings. The average Bonchev–Trinajstić information content (AvgIpc) is 3.10. The number of benzene rings is 2. The van der Waals surface area contributed by atoms with Gasteiger partial charge in [0.2, 0.25) is 5.95 Å². The van der Waals surface area contributed by atoms with Crippen molar-refractivity contribution < 1.29 is 87.1 Å². The van der Waals surface area contributed by atoms with Gasteiger partial charge < -0.3 is 38.7 Å². The fourth-order valence-corrected chi connectivity index (χ4v) is 3.65. The summed E-state index contributed by atoms with van der Waals surface area (Å²) in [7, 11) is -3.66. The molecule has 0 bridgehead atoms. The molecule has 0 saturated heterocycles. The Morgan fingerprint density at radius 2 is 1.78 bits per heavy atom. The predicted molar refractivity (Wildman–Crippen MR) is 125 cm³/mol. The van der Waals surface area contributed by atoms with E-state index in [2.05, 4.69) is 25.1 Å². The number of fused-ring (bicyclic) bond motifs is 1. The molecular formula is C22H22N5Na2O7P. The van der Waals surface area contributed by atoms with Gasteiger partial charge in [-0.15, -0.1) is 0 Å². The topological polar surface area (TPSA) is 167 Å². The molecule has 4 aromatic rings. The minimum atomic E-state index is -5.27. The fourth-order valence-electron chi connectivity index (χ4n) is 3.40. The third-order valence-electron chi connectivity index (χ3n) is 5.34. The van der Waals surface area contributed by atoms with Crippen LogP contribution in [0.1, 0.15) is 16.7 Å². The number of phosphoric ester groups is 1. The first-order valence-corrected chi connectivity index (χ1v) is 11.8. The van der Waals surface area contributed by atoms with E-state index in [0.29, 0.717) is 17.5 Å². The smallest absolute Gasteiger partial charge is 0.790 e. The molecule has 12 nitrogen and oxygen atoms in total. The van der Waals surface area contributed by atoms with E-state index in [9.17, 15) is 19.1 Å². The van der Waals surface area contributed by atoms with Crippen molar-refractivity contribution in [1.29, 1.82) is 0 Å². The summed E-state index contributed by atoms with van der Waals surface area (Å²) in [6.07, 6.45) is 1.65. The molecular weight excluding hydrogens is 523 g/mol. The van der Waals surface area contributed by atoms with Crippen molar-refractivity contribution >= 4 is 42.1 Å². The maximum Gasteiger partial charge on any atom is 1.00 e. The predicted octanol–water partition coefficient (Wildman–Crippen LogP) is -3.38. The van der Waals surface area contributed by atoms with Crippen molar-refractivity contribution in [2.24, 2.45) is 0 Å². The minimum absolute atomic E-state index is 0. The standard InChI is InChI=1S/C22H24N5O7P.2Na/c1-12-7-16(9-19(32-4)14(12)3)25-21-23-10-13(2)20(26-21)24-15-5-6-18-17(8-15)27(22(28)34-18)11-33-35(29,30)31;;/h5-10H,11H2,1-4H3,(H2,29,30,31)(H2,23,24,25,26);;/q;2*+1/p-2. The fraction of sp³-hybridized carbons (Fsp3) is 0.227. The minimum Gasteiger partial charge on any atom is -0.790 e. The zero-order valence-corrected chi connectivity index (χ0v) is 26.2. The quantitative estimate of drug-likeness (QED) is 0.168. The van der Waals surface area contributed by atoms with Crippen molar-refractivity contribution in [1.82, 2.24) is 14.5 Å². The van der Waals surface area contributed by atoms with E-state index < -0.39 is 20.3 Å². The number of hydrogen-bond donors (Lipinski definition) is 2. The summed E-state index contributed by atoms with van der Waals surface area (Å²) in [5, 5.41) is 6.32. The van der Waals surface area contributed by atoms with E-state index in [1.165, 1.54) is 6.07 Å². The van der Waals surface area contributed by atoms with Crippen LogP contribution in [0.15, 0.2) is 45.7 Å². The molecule has 0 aliphatic heterocycles. The van der Waals surface area contributed by atoms with Crippen LogP contribution in [0.3, 0.4) is 0 Å². The Morgan fingerprint density at radius 1 is 1.05 bits per heavy atom. The van der Waals surface area contributed by atoms with Crippen LogP contribution in [0, 0.1) is 20.8 Å². The summed E-state index contributed by atoms with van der Waals surface area (Å²) >= 11 is 0. The molecule has 0 atom stereocenters. The van der Waals surface area contributed by atoms with Crippen molar-refractivity contribution in [2.45, 2.75) is 27.5 Å². The van der Waals surface area contributed by atoms with Gasteiger partial charge in [-0.3, -0.25) is 0 Å². The largest absolute Gasteiger partial charge is 1.00 e. The van der Waals surface area contributed by atoms with Gasteiger partial charge in [0, 0.05) is 29.2 Å². The number of aryl methyl sites for hydroxylation is 2. The van der Waals surface area contributed by atoms with Gasteiger partial charge >= 0.3 is 64.9 Å². The number of hydrogen-bond acceptors (Lipinski definition) is 11. The summed E-state index contributed by atoms with van der Waals surface area (Å²) in [5.74, 6) is 0.723. The molecule has 2 aromatic heterocycles. The van der Waals surface area contributed by atoms with Crippen LogP contribution < -0.4 is 90.0 Å². The van der Waals surface area contributed by atoms with Crippen LogP contribution >= 0.6 is 7.82 Å². The molecule has 0 spiro atoms. The van der Waals surface area contributed by atoms with E-state index >= 15 is 0 Å². The molecule has 0 amide bonds. The Morgan fingerprint density at radius 3 is 2.46 bits per heavy atom. The van der Waals surface area contributed by atoms with Gasteiger partial charge in [0.15, 0.2) is 5.58 Å². The zero-order chi connectivity index (χ0) is 25.3. The van der Waals surface area contributed by atoms with Crippen molar-refractivity contribution in [3.63, 3.8) is 0 Å². The van der Waals surface area contributed by atoms with E-state index in [4.69, 9.17) is 9.15 Å². The summed E-state index contributed by atoms with van der Waals surface area (Å²) in [4.78, 5) is 42.6. The second-order valence-corrected chi connectivity index (χ2v) is 8.93. The van der Waals surface area contributed by atoms with Gasteiger partial charge in [-0.25, -0.2) is 14.3 Å². The van der Waals surface area contributed by atoms with Gasteiger partial charge in [0.25, 0.3) is 0 Å². The van der Waals surface area contributed by atoms with Crippen LogP contribution in [0.5, 0.6) is 5.75 Å². The van der Waals surface area contributed by atoms with Crippen LogP contribution in [0.4, 0.5) is 23.1 Å². The Hall–Kier alpha value is -1.70. The van der Waals surface area contributed by atoms with Crippen LogP contribution in [-0.4, -0.2) is 21.6 Å². The number of methoxy groups -OCH3 is 1. The number of nitrogens with zero attached hydrogens (tertiary/aromatic N) is 3. The third-order valence-corrected chi connectivity index (χ3v) is 5.77. The van der Waals surface area contributed by atoms with E-state index in [0.717, 1.165) is 32.7 Å². The van der Waals surface area contributed by atoms with Gasteiger partial charge in [0.05, 0.1) is 20.4 Å². The van der Waals surface area contributed by atoms with Gasteiger partial charge in [0.1, 0.15) is 18.3 Å². The number of nitrogens with one attached hydrogen (secondary N) is 2. The number of anilines is 4. The first-order valence-electron chi connectivity index (χ1n) is 10.4. The molecule has 0 saturated carbocycles. The van der Waals surface area contributed by atoms with Crippen LogP contribution in [0.2, 0.25) is 0 Å². The third kappa shape index (κ3) is 7.67. The van der Waals surface area contributed by atoms with Crippen molar-refractivity contribution in [2.75, 3.05) is 17.7 Å². The zero-order valence-electron chi connectivity index (χ0n) is 21.3. The molecule has 2 aromatic carbocycles. The van der Waals surface area contributed by atoms with Gasteiger partial charge in [-0.05, 0) is 56.2 Å². The van der Waals surface area contributed by atoms with Crippen LogP contribution in [0.25, 0.3) is 11.1 Å². The van der Waals surface area contributed by atoms with Crippen molar-refractivity contribution in [3.05, 3.63) is 63.8 Å². The van der Waals surface area contributed by atoms with Gasteiger partial charge in [-0.2, -0.15) is 4.98 Å². The molecule has 0 aliphatic carbocycles. The molecule has 0 aliphatic rings. The summed E-state index contributed by atoms with van der Waals surface area (Å²) in [5.41, 5.74) is 4.56. The summed E-state index contributed by atoms with van der Waals surface area (Å²) in [6.45, 7) is 4.99. The Labute approximate surface area is 256 Å². The number of phosphoric acid groups is 1. The van der Waals surface area contributed by atoms with Gasteiger partial charge in [-0.1, -0.05) is 0 Å². The number of ether oxygens (including phenoxy) is 1. The molecule has 2 heterocycles. The number of rotatable bonds is 8. The second kappa shape index (κ2) is 12.9. The Kier molecular flexibility index (Phi) is 11.0. The average molecular weight is 545 g/mol. The molecule has 15 heteroatoms. The summed E-state index contributed by atoms with van der Waals surface area (Å²) < 4.78 is 26.4. The second-order valence-electron chi connectivity index (χ2n) is 7.78. The monoisotopic (exact) mass is 545 g/mol. The molecule has 2 N–H and O–H groups in total. The maximum atomic E-state index is 12.1. The first kappa shape index (κ1) is 31.5. The SMILES string of the molecule is COc1cc(Nc2ncc(C)c(Nc3ccc4oc(=O)n(COP(=O)([O-])[O-])c4c3)n2)cc(C)c1C.[Na+].[Na+]. The first-order chi connectivity index (χ1) is 16.5. The Bertz CT molecular complexity index is 1520. The van der Waals surface area contributed by atoms with E-state index in [1.807, 2.05) is 32.9 Å². The molecule has 37 heavy (non-hydrogen) atoms. The normalized spacial score (nSPS) is 11.0. The van der Waals surface area contributed by atoms with Crippen molar-refractivity contribution in [3.8, 4) is 5.75 Å². The van der Waals surface area contributed by atoms with Crippen LogP contribution in [-0.2, 0) is 15.8 Å². The molecule has 4 rings (SSSR count). The number of oxazole rings is 1. The summed E-state index contributed by atoms with van der Waals surface area (Å²) in [6, 6.07) is 8.56. The Balaban J connectivity index is 0.00000241. The van der Waals surface area contributed by atoms with E-state index in [1.54, 1.807) is 25.4 Å².